The van der Waals surface area contributed by atoms with Crippen molar-refractivity contribution in [2.24, 2.45) is 5.92 Å². The van der Waals surface area contributed by atoms with Crippen molar-refractivity contribution in [3.8, 4) is 0 Å². The minimum absolute atomic E-state index is 0.489. The highest BCUT2D eigenvalue weighted by Crippen LogP contribution is 2.19. The second kappa shape index (κ2) is 5.52. The van der Waals surface area contributed by atoms with E-state index in [1.165, 1.54) is 11.3 Å². The molecule has 17 heavy (non-hydrogen) atoms. The summed E-state index contributed by atoms with van der Waals surface area (Å²) in [6.45, 7) is 4.85. The SMILES string of the molecule is CNC1COCC1CN(C)c1ccc(C)cc1. The van der Waals surface area contributed by atoms with Crippen LogP contribution in [0.5, 0.6) is 0 Å². The van der Waals surface area contributed by atoms with E-state index in [2.05, 4.69) is 48.5 Å². The van der Waals surface area contributed by atoms with Crippen molar-refractivity contribution in [1.82, 2.24) is 5.32 Å². The van der Waals surface area contributed by atoms with Gasteiger partial charge in [-0.05, 0) is 26.1 Å². The molecule has 2 atom stereocenters. The van der Waals surface area contributed by atoms with E-state index in [4.69, 9.17) is 4.74 Å². The third kappa shape index (κ3) is 2.99. The predicted molar refractivity (Wildman–Crippen MR) is 71.6 cm³/mol. The smallest absolute Gasteiger partial charge is 0.0623 e. The molecule has 0 spiro atoms. The summed E-state index contributed by atoms with van der Waals surface area (Å²) in [6, 6.07) is 9.17. The highest BCUT2D eigenvalue weighted by Gasteiger charge is 2.27. The van der Waals surface area contributed by atoms with Crippen molar-refractivity contribution >= 4 is 5.69 Å². The van der Waals surface area contributed by atoms with Crippen LogP contribution < -0.4 is 10.2 Å². The number of anilines is 1. The minimum atomic E-state index is 0.489. The molecule has 0 amide bonds. The number of nitrogens with zero attached hydrogens (tertiary/aromatic N) is 1. The molecule has 0 radical (unpaired) electrons. The summed E-state index contributed by atoms with van der Waals surface area (Å²) in [4.78, 5) is 2.31. The molecule has 1 fully saturated rings. The Morgan fingerprint density at radius 2 is 2.00 bits per heavy atom. The lowest BCUT2D eigenvalue weighted by Gasteiger charge is -2.25. The molecule has 1 aromatic rings. The molecule has 1 saturated heterocycles. The van der Waals surface area contributed by atoms with Gasteiger partial charge in [0.1, 0.15) is 0 Å². The number of rotatable bonds is 4. The number of hydrogen-bond donors (Lipinski definition) is 1. The Kier molecular flexibility index (Phi) is 4.02. The van der Waals surface area contributed by atoms with Gasteiger partial charge in [-0.2, -0.15) is 0 Å². The van der Waals surface area contributed by atoms with Gasteiger partial charge in [-0.25, -0.2) is 0 Å². The zero-order valence-electron chi connectivity index (χ0n) is 10.9. The fraction of sp³-hybridized carbons (Fsp3) is 0.571. The average Bonchev–Trinajstić information content (AvgIpc) is 2.77. The monoisotopic (exact) mass is 234 g/mol. The first kappa shape index (κ1) is 12.4. The lowest BCUT2D eigenvalue weighted by Crippen LogP contribution is -2.39. The molecule has 0 aromatic heterocycles. The first-order valence-electron chi connectivity index (χ1n) is 6.23. The molecule has 2 unspecified atom stereocenters. The first-order valence-corrected chi connectivity index (χ1v) is 6.23. The van der Waals surface area contributed by atoms with Crippen LogP contribution in [0.3, 0.4) is 0 Å². The molecular formula is C14H22N2O. The summed E-state index contributed by atoms with van der Waals surface area (Å²) in [5, 5.41) is 3.33. The van der Waals surface area contributed by atoms with Crippen molar-refractivity contribution in [3.63, 3.8) is 0 Å². The van der Waals surface area contributed by atoms with Crippen LogP contribution in [-0.4, -0.2) is 39.9 Å². The highest BCUT2D eigenvalue weighted by molar-refractivity contribution is 5.46. The molecule has 3 heteroatoms. The quantitative estimate of drug-likeness (QED) is 0.857. The van der Waals surface area contributed by atoms with E-state index in [-0.39, 0.29) is 0 Å². The molecular weight excluding hydrogens is 212 g/mol. The van der Waals surface area contributed by atoms with Gasteiger partial charge in [0.25, 0.3) is 0 Å². The molecule has 1 aliphatic rings. The van der Waals surface area contributed by atoms with E-state index in [0.717, 1.165) is 19.8 Å². The Balaban J connectivity index is 1.96. The topological polar surface area (TPSA) is 24.5 Å². The lowest BCUT2D eigenvalue weighted by atomic mass is 10.0. The molecule has 0 aliphatic carbocycles. The zero-order chi connectivity index (χ0) is 12.3. The largest absolute Gasteiger partial charge is 0.379 e. The van der Waals surface area contributed by atoms with Crippen LogP contribution in [0.15, 0.2) is 24.3 Å². The summed E-state index contributed by atoms with van der Waals surface area (Å²) in [5.41, 5.74) is 2.58. The maximum Gasteiger partial charge on any atom is 0.0623 e. The second-order valence-electron chi connectivity index (χ2n) is 4.91. The van der Waals surface area contributed by atoms with Crippen molar-refractivity contribution in [2.45, 2.75) is 13.0 Å². The van der Waals surface area contributed by atoms with Crippen LogP contribution in [-0.2, 0) is 4.74 Å². The molecule has 0 bridgehead atoms. The van der Waals surface area contributed by atoms with E-state index >= 15 is 0 Å². The van der Waals surface area contributed by atoms with E-state index < -0.39 is 0 Å². The number of ether oxygens (including phenoxy) is 1. The van der Waals surface area contributed by atoms with Crippen molar-refractivity contribution in [2.75, 3.05) is 38.8 Å². The number of likely N-dealkylation sites (N-methyl/N-ethyl adjacent to an activating group) is 1. The maximum atomic E-state index is 5.53. The minimum Gasteiger partial charge on any atom is -0.379 e. The van der Waals surface area contributed by atoms with Gasteiger partial charge in [0.05, 0.1) is 13.2 Å². The first-order chi connectivity index (χ1) is 8.20. The maximum absolute atomic E-state index is 5.53. The van der Waals surface area contributed by atoms with Gasteiger partial charge in [0, 0.05) is 31.2 Å². The Morgan fingerprint density at radius 1 is 1.29 bits per heavy atom. The molecule has 0 saturated carbocycles. The second-order valence-corrected chi connectivity index (χ2v) is 4.91. The Bertz CT molecular complexity index is 350. The number of aryl methyl sites for hydroxylation is 1. The Morgan fingerprint density at radius 3 is 2.65 bits per heavy atom. The third-order valence-electron chi connectivity index (χ3n) is 3.55. The lowest BCUT2D eigenvalue weighted by molar-refractivity contribution is 0.183. The molecule has 2 rings (SSSR count). The van der Waals surface area contributed by atoms with E-state index in [9.17, 15) is 0 Å². The molecule has 1 N–H and O–H groups in total. The van der Waals surface area contributed by atoms with Crippen LogP contribution in [0.25, 0.3) is 0 Å². The molecule has 1 aliphatic heterocycles. The van der Waals surface area contributed by atoms with Gasteiger partial charge < -0.3 is 15.0 Å². The van der Waals surface area contributed by atoms with Gasteiger partial charge in [-0.1, -0.05) is 17.7 Å². The number of hydrogen-bond acceptors (Lipinski definition) is 3. The summed E-state index contributed by atoms with van der Waals surface area (Å²) in [7, 11) is 4.16. The van der Waals surface area contributed by atoms with Gasteiger partial charge >= 0.3 is 0 Å². The van der Waals surface area contributed by atoms with E-state index in [1.807, 2.05) is 7.05 Å². The van der Waals surface area contributed by atoms with Gasteiger partial charge in [-0.15, -0.1) is 0 Å². The van der Waals surface area contributed by atoms with E-state index in [0.29, 0.717) is 12.0 Å². The average molecular weight is 234 g/mol. The number of nitrogens with one attached hydrogen (secondary N) is 1. The standard InChI is InChI=1S/C14H22N2O/c1-11-4-6-13(7-5-11)16(3)8-12-9-17-10-14(12)15-2/h4-7,12,14-15H,8-10H2,1-3H3. The third-order valence-corrected chi connectivity index (χ3v) is 3.55. The normalized spacial score (nSPS) is 23.9. The van der Waals surface area contributed by atoms with Crippen molar-refractivity contribution in [1.29, 1.82) is 0 Å². The van der Waals surface area contributed by atoms with Crippen molar-refractivity contribution < 1.29 is 4.74 Å². The Hall–Kier alpha value is -1.06. The van der Waals surface area contributed by atoms with Crippen molar-refractivity contribution in [3.05, 3.63) is 29.8 Å². The summed E-state index contributed by atoms with van der Waals surface area (Å²) in [5.74, 6) is 0.575. The summed E-state index contributed by atoms with van der Waals surface area (Å²) < 4.78 is 5.53. The molecule has 94 valence electrons. The van der Waals surface area contributed by atoms with Crippen LogP contribution in [0.1, 0.15) is 5.56 Å². The molecule has 1 heterocycles. The van der Waals surface area contributed by atoms with Crippen LogP contribution in [0.4, 0.5) is 5.69 Å². The Labute approximate surface area is 104 Å². The van der Waals surface area contributed by atoms with Crippen LogP contribution >= 0.6 is 0 Å². The molecule has 3 nitrogen and oxygen atoms in total. The van der Waals surface area contributed by atoms with E-state index in [1.54, 1.807) is 0 Å². The highest BCUT2D eigenvalue weighted by atomic mass is 16.5. The summed E-state index contributed by atoms with van der Waals surface area (Å²) >= 11 is 0. The number of benzene rings is 1. The van der Waals surface area contributed by atoms with Crippen LogP contribution in [0, 0.1) is 12.8 Å². The van der Waals surface area contributed by atoms with Gasteiger partial charge in [-0.3, -0.25) is 0 Å². The van der Waals surface area contributed by atoms with Gasteiger partial charge in [0.2, 0.25) is 0 Å². The van der Waals surface area contributed by atoms with Crippen LogP contribution in [0.2, 0.25) is 0 Å². The predicted octanol–water partition coefficient (Wildman–Crippen LogP) is 1.67. The van der Waals surface area contributed by atoms with Gasteiger partial charge in [0.15, 0.2) is 0 Å². The fourth-order valence-corrected chi connectivity index (χ4v) is 2.35. The summed E-state index contributed by atoms with van der Waals surface area (Å²) in [6.07, 6.45) is 0. The molecule has 1 aromatic carbocycles. The zero-order valence-corrected chi connectivity index (χ0v) is 10.9. The fourth-order valence-electron chi connectivity index (χ4n) is 2.35.